The Labute approximate surface area is 857 Å². The molecule has 0 radical (unpaired) electrons. The predicted molar refractivity (Wildman–Crippen MR) is 511 cm³/mol. The first kappa shape index (κ1) is 107. The van der Waals surface area contributed by atoms with Gasteiger partial charge in [0, 0.05) is 150 Å². The van der Waals surface area contributed by atoms with Gasteiger partial charge in [0.1, 0.15) is 16.1 Å². The van der Waals surface area contributed by atoms with Crippen molar-refractivity contribution in [3.05, 3.63) is 324 Å². The number of halogens is 18. The molecule has 0 aliphatic carbocycles. The second kappa shape index (κ2) is 47.1. The molecule has 18 aromatic rings. The van der Waals surface area contributed by atoms with Gasteiger partial charge < -0.3 is 38.2 Å². The molecule has 1 N–H and O–H groups in total. The van der Waals surface area contributed by atoms with E-state index in [0.29, 0.717) is 58.9 Å². The molecule has 9 aromatic heterocycles. The number of ether oxygens (including phenoxy) is 3. The van der Waals surface area contributed by atoms with E-state index >= 15 is 8.78 Å². The van der Waals surface area contributed by atoms with Crippen LogP contribution >= 0.6 is 150 Å². The molecule has 0 aliphatic heterocycles. The van der Waals surface area contributed by atoms with E-state index in [1.807, 2.05) is 19.3 Å². The number of aryl methyl sites for hydroxylation is 4. The van der Waals surface area contributed by atoms with Gasteiger partial charge in [-0.3, -0.25) is 27.9 Å². The average Bonchev–Trinajstić information content (AvgIpc) is 1.64. The first-order chi connectivity index (χ1) is 64.6. The van der Waals surface area contributed by atoms with E-state index in [0.717, 1.165) is 57.8 Å². The maximum atomic E-state index is 15.1. The van der Waals surface area contributed by atoms with Crippen LogP contribution in [0, 0.1) is 52.4 Å². The van der Waals surface area contributed by atoms with E-state index in [9.17, 15) is 55.0 Å². The number of aromatic nitrogens is 13. The molecule has 137 heavy (non-hydrogen) atoms. The van der Waals surface area contributed by atoms with Gasteiger partial charge in [0.2, 0.25) is 0 Å². The number of esters is 3. The van der Waals surface area contributed by atoms with Gasteiger partial charge in [0.25, 0.3) is 0 Å². The number of hydrogen-bond acceptors (Lipinski definition) is 18. The number of carboxylic acids is 1. The number of fused-ring (bicyclic) bond motifs is 5. The quantitative estimate of drug-likeness (QED) is 0.0214. The topological polar surface area (TPSA) is 260 Å². The second-order valence-corrected chi connectivity index (χ2v) is 38.0. The third-order valence-electron chi connectivity index (χ3n) is 19.1. The maximum Gasteiger partial charge on any atom is 1.00 e. The number of rotatable bonds is 17. The van der Waals surface area contributed by atoms with Crippen molar-refractivity contribution in [2.75, 3.05) is 19.8 Å². The molecule has 18 rings (SSSR count). The fourth-order valence-electron chi connectivity index (χ4n) is 13.1. The minimum absolute atomic E-state index is 0. The molecule has 47 heteroatoms. The van der Waals surface area contributed by atoms with Gasteiger partial charge in [-0.1, -0.05) is 159 Å². The molecule has 0 unspecified atom stereocenters. The average molecular weight is 2160 g/mol. The Kier molecular flexibility index (Phi) is 36.9. The van der Waals surface area contributed by atoms with Crippen LogP contribution in [0.15, 0.2) is 248 Å². The Morgan fingerprint density at radius 3 is 1.17 bits per heavy atom. The molecular formula is C90H64Cl9F9N13NaO10S5. The number of aromatic amines is 1. The van der Waals surface area contributed by atoms with Gasteiger partial charge >= 0.3 is 55.7 Å². The van der Waals surface area contributed by atoms with E-state index in [4.69, 9.17) is 99.1 Å². The predicted octanol–water partition coefficient (Wildman–Crippen LogP) is 22.5. The number of hydrogen-bond donors (Lipinski definition) is 2. The number of carboxylic acid groups (broad SMARTS) is 1. The number of nitrogens with one attached hydrogen (secondary N) is 1. The zero-order chi connectivity index (χ0) is 98.7. The SMILES string of the molecule is CCOC(=O)c1cccc(S)c1F.CCOC(=O)c1cccc(Sc2c(Cl)n(-c3cnn(C)c3)c3c(F)c(Cl)ccc23)c1F.CCOC(=O)c1cccc(Sc2cn(-c3cnn(C)c3)c3c(F)c(Cl)ccc23)c1F.Cn1cc(-n2c(Cl)c(Sc3cccc(C(=O)[O-])c3F)c3ccc(Cl)c(F)c32)cn1.Cn1cc(-n2ccc3ccc(Cl)c(F)c32)cn1.Fc1c(Cl)ccc2cc[nH]c12.O=S(=O)(Cl)Cl.[Na+]. The van der Waals surface area contributed by atoms with Crippen LogP contribution < -0.4 is 34.7 Å². The third kappa shape index (κ3) is 24.8. The minimum Gasteiger partial charge on any atom is -0.545 e. The molecular weight excluding hydrogens is 2100 g/mol. The molecule has 0 fully saturated rings. The van der Waals surface area contributed by atoms with Crippen LogP contribution in [0.1, 0.15) is 62.2 Å². The minimum atomic E-state index is -3.72. The monoisotopic (exact) mass is 2160 g/mol. The van der Waals surface area contributed by atoms with Crippen LogP contribution in [-0.4, -0.2) is 114 Å². The summed E-state index contributed by atoms with van der Waals surface area (Å²) < 4.78 is 175. The van der Waals surface area contributed by atoms with Crippen molar-refractivity contribution in [2.45, 2.75) is 55.0 Å². The van der Waals surface area contributed by atoms with Crippen LogP contribution in [0.5, 0.6) is 0 Å². The standard InChI is InChI=1S/C21H15Cl2F2N3O2S.C21H16ClF2N3O2S.C19H11Cl2F2N3O2S.C12H9ClFN3.C9H9FO2S.C8H5ClFN.Cl2O2S.Na/c1-3-30-21(29)12-5-4-6-15(16(12)24)31-19-13-7-8-14(22)17(25)18(13)28(20(19)23)11-9-26-27(2)10-11;1-3-29-21(28)14-5-4-6-16(18(14)23)30-17-11-27(12-9-25-26(2)10-12)20-13(17)7-8-15(22)19(20)24;1-25-8-9(7-24-25)26-16-11(5-6-12(20)15(16)23)17(18(26)21)29-13-4-2-3-10(14(13)22)19(27)28;1-16-7-9(6-15-16)17-5-4-8-2-3-10(13)11(14)12(8)17;1-2-12-9(11)6-4-3-5-7(13)8(6)10;9-6-2-1-5-3-4-11-8(5)7(6)10;1-5(2,3)4;/h4-10H,3H2,1-2H3;4-11H,3H2,1-2H3;2-8H,1H3,(H,27,28);2-7H,1H3;3-5,13H,2H2,1H3;1-4,11H;;/q;;;;;;;+1/p-1. The van der Waals surface area contributed by atoms with Gasteiger partial charge in [-0.2, -0.15) is 28.8 Å². The summed E-state index contributed by atoms with van der Waals surface area (Å²) in [5.74, 6) is -9.49. The van der Waals surface area contributed by atoms with Gasteiger partial charge in [-0.15, -0.1) is 12.6 Å². The molecule has 0 saturated carbocycles. The van der Waals surface area contributed by atoms with E-state index in [1.54, 1.807) is 187 Å². The summed E-state index contributed by atoms with van der Waals surface area (Å²) in [6, 6.07) is 36.7. The summed E-state index contributed by atoms with van der Waals surface area (Å²) in [4.78, 5) is 50.9. The van der Waals surface area contributed by atoms with Crippen LogP contribution in [0.3, 0.4) is 0 Å². The number of benzene rings is 9. The summed E-state index contributed by atoms with van der Waals surface area (Å²) in [5, 5.41) is 30.9. The molecule has 0 amide bonds. The maximum absolute atomic E-state index is 15.1. The zero-order valence-electron chi connectivity index (χ0n) is 71.7. The van der Waals surface area contributed by atoms with E-state index < -0.39 is 84.2 Å². The molecule has 0 spiro atoms. The van der Waals surface area contributed by atoms with E-state index in [2.05, 4.69) is 64.1 Å². The number of carbonyl (C=O) groups is 4. The Balaban J connectivity index is 0.000000161. The molecule has 23 nitrogen and oxygen atoms in total. The van der Waals surface area contributed by atoms with Gasteiger partial charge in [0.15, 0.2) is 46.5 Å². The zero-order valence-corrected chi connectivity index (χ0v) is 84.6. The van der Waals surface area contributed by atoms with Crippen molar-refractivity contribution in [1.82, 2.24) is 62.4 Å². The molecule has 9 aromatic carbocycles. The largest absolute Gasteiger partial charge is 1.00 e. The molecule has 0 atom stereocenters. The van der Waals surface area contributed by atoms with Gasteiger partial charge in [-0.25, -0.2) is 53.9 Å². The Bertz CT molecular complexity index is 7720. The molecule has 0 aliphatic rings. The van der Waals surface area contributed by atoms with Gasteiger partial charge in [-0.05, 0) is 124 Å². The molecule has 0 bridgehead atoms. The summed E-state index contributed by atoms with van der Waals surface area (Å²) >= 11 is 49.4. The van der Waals surface area contributed by atoms with Gasteiger partial charge in [0.05, 0.1) is 153 Å². The normalized spacial score (nSPS) is 11.0. The van der Waals surface area contributed by atoms with E-state index in [1.165, 1.54) is 86.9 Å². The Morgan fingerprint density at radius 1 is 0.401 bits per heavy atom. The first-order valence-electron chi connectivity index (χ1n) is 39.1. The first-order valence-corrected chi connectivity index (χ1v) is 47.7. The Hall–Kier alpha value is -10.3. The number of aromatic carboxylic acids is 1. The number of thiol groups is 1. The fourth-order valence-corrected chi connectivity index (χ4v) is 18.0. The molecule has 0 saturated heterocycles. The summed E-state index contributed by atoms with van der Waals surface area (Å²) in [7, 11) is 11.8. The van der Waals surface area contributed by atoms with Crippen LogP contribution in [-0.2, 0) is 50.7 Å². The van der Waals surface area contributed by atoms with Crippen molar-refractivity contribution in [2.24, 2.45) is 28.2 Å². The summed E-state index contributed by atoms with van der Waals surface area (Å²) in [6.07, 6.45) is 18.3. The van der Waals surface area contributed by atoms with Crippen LogP contribution in [0.25, 0.3) is 77.3 Å². The van der Waals surface area contributed by atoms with Crippen molar-refractivity contribution in [1.29, 1.82) is 0 Å². The van der Waals surface area contributed by atoms with Crippen molar-refractivity contribution >= 4 is 237 Å². The van der Waals surface area contributed by atoms with E-state index in [-0.39, 0.29) is 143 Å². The molecule has 706 valence electrons. The van der Waals surface area contributed by atoms with Crippen molar-refractivity contribution < 1.29 is 116 Å². The Morgan fingerprint density at radius 2 is 0.752 bits per heavy atom. The second-order valence-electron chi connectivity index (χ2n) is 27.9. The number of H-pyrrole nitrogens is 1. The van der Waals surface area contributed by atoms with Crippen LogP contribution in [0.4, 0.5) is 39.5 Å². The summed E-state index contributed by atoms with van der Waals surface area (Å²) in [6.45, 7) is 5.46. The van der Waals surface area contributed by atoms with Crippen LogP contribution in [0.2, 0.25) is 35.4 Å². The summed E-state index contributed by atoms with van der Waals surface area (Å²) in [5.41, 5.74) is 2.93. The fraction of sp³-hybridized carbons (Fsp3) is 0.111. The van der Waals surface area contributed by atoms with Crippen molar-refractivity contribution in [3.8, 4) is 22.7 Å². The molecule has 9 heterocycles. The third-order valence-corrected chi connectivity index (χ3v) is 25.2. The number of nitrogens with zero attached hydrogens (tertiary/aromatic N) is 12. The smallest absolute Gasteiger partial charge is 0.545 e. The van der Waals surface area contributed by atoms with Crippen molar-refractivity contribution in [3.63, 3.8) is 0 Å². The number of carbonyl (C=O) groups excluding carboxylic acids is 4.